The van der Waals surface area contributed by atoms with Gasteiger partial charge in [0.25, 0.3) is 5.91 Å². The summed E-state index contributed by atoms with van der Waals surface area (Å²) in [6.07, 6.45) is 0.158. The van der Waals surface area contributed by atoms with Crippen molar-refractivity contribution in [3.05, 3.63) is 78.4 Å². The van der Waals surface area contributed by atoms with Gasteiger partial charge in [0, 0.05) is 36.4 Å². The summed E-state index contributed by atoms with van der Waals surface area (Å²) in [5, 5.41) is 2.92. The van der Waals surface area contributed by atoms with Gasteiger partial charge < -0.3 is 19.9 Å². The summed E-state index contributed by atoms with van der Waals surface area (Å²) in [6, 6.07) is 21.7. The fraction of sp³-hybridized carbons (Fsp3) is 0.222. The summed E-state index contributed by atoms with van der Waals surface area (Å²) in [5.41, 5.74) is 2.46. The Balaban J connectivity index is 1.39. The van der Waals surface area contributed by atoms with E-state index in [2.05, 4.69) is 5.32 Å². The average Bonchev–Trinajstić information content (AvgIpc) is 3.17. The van der Waals surface area contributed by atoms with Crippen molar-refractivity contribution in [1.29, 1.82) is 0 Å². The van der Waals surface area contributed by atoms with Gasteiger partial charge in [-0.25, -0.2) is 0 Å². The van der Waals surface area contributed by atoms with Gasteiger partial charge in [0.1, 0.15) is 5.75 Å². The van der Waals surface area contributed by atoms with Gasteiger partial charge in [0.2, 0.25) is 11.8 Å². The fourth-order valence-corrected chi connectivity index (χ4v) is 4.46. The maximum Gasteiger partial charge on any atom is 0.262 e. The highest BCUT2D eigenvalue weighted by atomic mass is 16.5. The summed E-state index contributed by atoms with van der Waals surface area (Å²) in [7, 11) is 0. The van der Waals surface area contributed by atoms with Crippen molar-refractivity contribution in [3.63, 3.8) is 0 Å². The van der Waals surface area contributed by atoms with E-state index in [1.54, 1.807) is 40.1 Å². The number of hydrogen-bond acceptors (Lipinski definition) is 4. The lowest BCUT2D eigenvalue weighted by Gasteiger charge is -2.26. The van der Waals surface area contributed by atoms with Gasteiger partial charge in [-0.1, -0.05) is 30.3 Å². The molecule has 3 aromatic rings. The maximum atomic E-state index is 13.2. The molecular weight excluding hydrogens is 430 g/mol. The van der Waals surface area contributed by atoms with Crippen molar-refractivity contribution >= 4 is 34.8 Å². The second-order valence-electron chi connectivity index (χ2n) is 8.78. The highest BCUT2D eigenvalue weighted by Crippen LogP contribution is 2.41. The summed E-state index contributed by atoms with van der Waals surface area (Å²) in [6.45, 7) is 4.22. The predicted octanol–water partition coefficient (Wildman–Crippen LogP) is 4.84. The quantitative estimate of drug-likeness (QED) is 0.611. The smallest absolute Gasteiger partial charge is 0.262 e. The number of ether oxygens (including phenoxy) is 1. The van der Waals surface area contributed by atoms with Crippen LogP contribution in [0.15, 0.2) is 72.8 Å². The summed E-state index contributed by atoms with van der Waals surface area (Å²) in [4.78, 5) is 42.0. The Morgan fingerprint density at radius 1 is 0.971 bits per heavy atom. The Bertz CT molecular complexity index is 1270. The van der Waals surface area contributed by atoms with Crippen LogP contribution in [-0.2, 0) is 9.59 Å². The summed E-state index contributed by atoms with van der Waals surface area (Å²) < 4.78 is 6.12. The van der Waals surface area contributed by atoms with Crippen molar-refractivity contribution in [3.8, 4) is 11.5 Å². The number of carbonyl (C=O) groups is 3. The Morgan fingerprint density at radius 3 is 2.47 bits per heavy atom. The van der Waals surface area contributed by atoms with Gasteiger partial charge in [-0.2, -0.15) is 0 Å². The number of anilines is 3. The monoisotopic (exact) mass is 455 g/mol. The number of benzene rings is 3. The number of fused-ring (bicyclic) bond motifs is 2. The van der Waals surface area contributed by atoms with Crippen LogP contribution in [0, 0.1) is 5.92 Å². The zero-order chi connectivity index (χ0) is 23.8. The lowest BCUT2D eigenvalue weighted by Crippen LogP contribution is -2.36. The third-order valence-electron chi connectivity index (χ3n) is 6.12. The van der Waals surface area contributed by atoms with E-state index in [0.29, 0.717) is 35.0 Å². The number of amides is 3. The molecule has 1 fully saturated rings. The molecule has 1 unspecified atom stereocenters. The second-order valence-corrected chi connectivity index (χ2v) is 8.78. The van der Waals surface area contributed by atoms with E-state index >= 15 is 0 Å². The van der Waals surface area contributed by atoms with Crippen LogP contribution in [0.1, 0.15) is 30.6 Å². The lowest BCUT2D eigenvalue weighted by atomic mass is 10.1. The Morgan fingerprint density at radius 2 is 1.71 bits per heavy atom. The van der Waals surface area contributed by atoms with E-state index < -0.39 is 5.92 Å². The van der Waals surface area contributed by atoms with Crippen LogP contribution in [0.25, 0.3) is 0 Å². The Kier molecular flexibility index (Phi) is 5.53. The van der Waals surface area contributed by atoms with Crippen LogP contribution in [0.3, 0.4) is 0 Å². The average molecular weight is 456 g/mol. The van der Waals surface area contributed by atoms with Crippen LogP contribution < -0.4 is 19.9 Å². The van der Waals surface area contributed by atoms with E-state index in [-0.39, 0.29) is 30.2 Å². The first kappa shape index (κ1) is 21.7. The first-order valence-electron chi connectivity index (χ1n) is 11.3. The first-order valence-corrected chi connectivity index (χ1v) is 11.3. The second kappa shape index (κ2) is 8.67. The molecule has 2 aliphatic heterocycles. The molecule has 3 amide bonds. The van der Waals surface area contributed by atoms with E-state index in [1.165, 1.54) is 0 Å². The third-order valence-corrected chi connectivity index (χ3v) is 6.12. The topological polar surface area (TPSA) is 79.0 Å². The predicted molar refractivity (Wildman–Crippen MR) is 130 cm³/mol. The molecule has 2 heterocycles. The van der Waals surface area contributed by atoms with Gasteiger partial charge in [0.05, 0.1) is 17.2 Å². The third kappa shape index (κ3) is 3.90. The van der Waals surface area contributed by atoms with Crippen molar-refractivity contribution in [2.24, 2.45) is 5.92 Å². The van der Waals surface area contributed by atoms with E-state index in [9.17, 15) is 14.4 Å². The SMILES string of the molecule is CC(C)N1C(=O)c2ccccc2Oc2cc(NC(=O)C3CC(=O)N(c4ccccc4)C3)ccc21. The van der Waals surface area contributed by atoms with E-state index in [1.807, 2.05) is 56.3 Å². The van der Waals surface area contributed by atoms with Crippen LogP contribution in [-0.4, -0.2) is 30.3 Å². The first-order chi connectivity index (χ1) is 16.4. The molecule has 5 rings (SSSR count). The minimum atomic E-state index is -0.457. The molecule has 0 radical (unpaired) electrons. The van der Waals surface area contributed by atoms with Gasteiger partial charge in [0.15, 0.2) is 5.75 Å². The van der Waals surface area contributed by atoms with Gasteiger partial charge in [-0.3, -0.25) is 14.4 Å². The molecule has 1 atom stereocenters. The fourth-order valence-electron chi connectivity index (χ4n) is 4.46. The van der Waals surface area contributed by atoms with E-state index in [0.717, 1.165) is 5.69 Å². The van der Waals surface area contributed by atoms with Gasteiger partial charge in [-0.05, 0) is 50.2 Å². The molecule has 7 heteroatoms. The Labute approximate surface area is 197 Å². The van der Waals surface area contributed by atoms with Crippen molar-refractivity contribution in [1.82, 2.24) is 0 Å². The van der Waals surface area contributed by atoms with Crippen LogP contribution in [0.4, 0.5) is 17.1 Å². The molecule has 34 heavy (non-hydrogen) atoms. The number of para-hydroxylation sites is 2. The molecule has 0 saturated carbocycles. The van der Waals surface area contributed by atoms with Crippen molar-refractivity contribution < 1.29 is 19.1 Å². The van der Waals surface area contributed by atoms with Crippen LogP contribution >= 0.6 is 0 Å². The van der Waals surface area contributed by atoms with Crippen LogP contribution in [0.2, 0.25) is 0 Å². The molecule has 0 spiro atoms. The number of rotatable bonds is 4. The number of nitrogens with one attached hydrogen (secondary N) is 1. The summed E-state index contributed by atoms with van der Waals surface area (Å²) in [5.74, 6) is 0.0730. The molecule has 3 aromatic carbocycles. The minimum absolute atomic E-state index is 0.0701. The maximum absolute atomic E-state index is 13.2. The Hall–Kier alpha value is -4.13. The molecule has 0 aliphatic carbocycles. The molecular formula is C27H25N3O4. The standard InChI is InChI=1S/C27H25N3O4/c1-17(2)30-22-13-12-19(15-24(22)34-23-11-7-6-10-21(23)27(30)33)28-26(32)18-14-25(31)29(16-18)20-8-4-3-5-9-20/h3-13,15,17-18H,14,16H2,1-2H3,(H,28,32). The zero-order valence-corrected chi connectivity index (χ0v) is 19.0. The number of carbonyl (C=O) groups excluding carboxylic acids is 3. The molecule has 0 bridgehead atoms. The molecule has 1 N–H and O–H groups in total. The number of nitrogens with zero attached hydrogens (tertiary/aromatic N) is 2. The molecule has 7 nitrogen and oxygen atoms in total. The summed E-state index contributed by atoms with van der Waals surface area (Å²) >= 11 is 0. The highest BCUT2D eigenvalue weighted by Gasteiger charge is 2.35. The number of hydrogen-bond donors (Lipinski definition) is 1. The van der Waals surface area contributed by atoms with Gasteiger partial charge in [-0.15, -0.1) is 0 Å². The molecule has 1 saturated heterocycles. The molecule has 2 aliphatic rings. The molecule has 0 aromatic heterocycles. The minimum Gasteiger partial charge on any atom is -0.454 e. The normalized spacial score (nSPS) is 17.2. The van der Waals surface area contributed by atoms with Crippen molar-refractivity contribution in [2.45, 2.75) is 26.3 Å². The van der Waals surface area contributed by atoms with Crippen molar-refractivity contribution in [2.75, 3.05) is 21.7 Å². The zero-order valence-electron chi connectivity index (χ0n) is 19.0. The van der Waals surface area contributed by atoms with E-state index in [4.69, 9.17) is 4.74 Å². The van der Waals surface area contributed by atoms with Gasteiger partial charge >= 0.3 is 0 Å². The molecule has 172 valence electrons. The van der Waals surface area contributed by atoms with Crippen LogP contribution in [0.5, 0.6) is 11.5 Å². The highest BCUT2D eigenvalue weighted by molar-refractivity contribution is 6.10. The largest absolute Gasteiger partial charge is 0.454 e. The lowest BCUT2D eigenvalue weighted by molar-refractivity contribution is -0.122.